The maximum Gasteiger partial charge on any atom is 0.261 e. The number of anilines is 1. The molecule has 0 saturated heterocycles. The molecule has 0 unspecified atom stereocenters. The summed E-state index contributed by atoms with van der Waals surface area (Å²) in [6.07, 6.45) is 0. The minimum Gasteiger partial charge on any atom is -0.397 e. The highest BCUT2D eigenvalue weighted by Crippen LogP contribution is 2.28. The summed E-state index contributed by atoms with van der Waals surface area (Å²) in [5.74, 6) is 0.286. The van der Waals surface area contributed by atoms with Gasteiger partial charge >= 0.3 is 0 Å². The summed E-state index contributed by atoms with van der Waals surface area (Å²) in [5.41, 5.74) is 8.07. The summed E-state index contributed by atoms with van der Waals surface area (Å²) < 4.78 is 25.8. The van der Waals surface area contributed by atoms with Crippen LogP contribution in [0.2, 0.25) is 0 Å². The summed E-state index contributed by atoms with van der Waals surface area (Å²) in [4.78, 5) is 22.9. The lowest BCUT2D eigenvalue weighted by atomic mass is 10.1. The van der Waals surface area contributed by atoms with Crippen LogP contribution in [0.15, 0.2) is 52.2 Å². The topological polar surface area (TPSA) is 125 Å². The van der Waals surface area contributed by atoms with Crippen molar-refractivity contribution >= 4 is 37.6 Å². The van der Waals surface area contributed by atoms with E-state index in [1.807, 2.05) is 18.2 Å². The SMILES string of the molecule is CN(C)S(=O)(=O)c1ccc2nc(-c3c(N)c4ccccc4[nH]c3=O)[nH]c2c1. The van der Waals surface area contributed by atoms with E-state index in [-0.39, 0.29) is 21.8 Å². The molecule has 0 aliphatic carbocycles. The Labute approximate surface area is 154 Å². The van der Waals surface area contributed by atoms with Crippen LogP contribution in [0.25, 0.3) is 33.3 Å². The molecule has 2 aromatic heterocycles. The van der Waals surface area contributed by atoms with Crippen LogP contribution < -0.4 is 11.3 Å². The van der Waals surface area contributed by atoms with Crippen LogP contribution in [-0.2, 0) is 10.0 Å². The third kappa shape index (κ3) is 2.68. The van der Waals surface area contributed by atoms with E-state index in [1.54, 1.807) is 12.1 Å². The van der Waals surface area contributed by atoms with Gasteiger partial charge in [0, 0.05) is 19.5 Å². The van der Waals surface area contributed by atoms with Gasteiger partial charge in [-0.15, -0.1) is 0 Å². The van der Waals surface area contributed by atoms with E-state index in [9.17, 15) is 13.2 Å². The van der Waals surface area contributed by atoms with Gasteiger partial charge in [0.25, 0.3) is 5.56 Å². The fourth-order valence-corrected chi connectivity index (χ4v) is 3.91. The number of nitrogens with zero attached hydrogens (tertiary/aromatic N) is 2. The zero-order valence-corrected chi connectivity index (χ0v) is 15.5. The summed E-state index contributed by atoms with van der Waals surface area (Å²) in [6.45, 7) is 0. The third-order valence-corrected chi connectivity index (χ3v) is 6.24. The number of aromatic nitrogens is 3. The summed E-state index contributed by atoms with van der Waals surface area (Å²) >= 11 is 0. The molecule has 0 atom stereocenters. The van der Waals surface area contributed by atoms with E-state index < -0.39 is 10.0 Å². The standard InChI is InChI=1S/C18H17N5O3S/c1-23(2)27(25,26)10-7-8-13-14(9-10)21-17(20-13)15-16(19)11-5-3-4-6-12(11)22-18(15)24/h3-9H,1-2H3,(H,20,21)(H3,19,22,24). The molecule has 2 aromatic carbocycles. The lowest BCUT2D eigenvalue weighted by Gasteiger charge is -2.10. The molecular weight excluding hydrogens is 366 g/mol. The third-order valence-electron chi connectivity index (χ3n) is 4.43. The van der Waals surface area contributed by atoms with E-state index in [0.717, 1.165) is 4.31 Å². The van der Waals surface area contributed by atoms with Crippen molar-refractivity contribution in [1.82, 2.24) is 19.3 Å². The van der Waals surface area contributed by atoms with Gasteiger partial charge in [-0.25, -0.2) is 17.7 Å². The van der Waals surface area contributed by atoms with Gasteiger partial charge in [-0.3, -0.25) is 4.79 Å². The molecule has 8 nitrogen and oxygen atoms in total. The summed E-state index contributed by atoms with van der Waals surface area (Å²) in [7, 11) is -0.645. The van der Waals surface area contributed by atoms with Gasteiger partial charge in [-0.2, -0.15) is 0 Å². The van der Waals surface area contributed by atoms with Crippen LogP contribution in [0.5, 0.6) is 0 Å². The molecule has 4 rings (SSSR count). The smallest absolute Gasteiger partial charge is 0.261 e. The van der Waals surface area contributed by atoms with E-state index in [4.69, 9.17) is 5.73 Å². The molecule has 0 radical (unpaired) electrons. The first-order valence-corrected chi connectivity index (χ1v) is 9.56. The number of benzene rings is 2. The second-order valence-electron chi connectivity index (χ2n) is 6.34. The van der Waals surface area contributed by atoms with Crippen LogP contribution in [0, 0.1) is 0 Å². The zero-order valence-electron chi connectivity index (χ0n) is 14.6. The lowest BCUT2D eigenvalue weighted by Crippen LogP contribution is -2.22. The number of nitrogen functional groups attached to an aromatic ring is 1. The van der Waals surface area contributed by atoms with Crippen molar-refractivity contribution in [2.45, 2.75) is 4.90 Å². The number of rotatable bonds is 3. The molecule has 138 valence electrons. The average molecular weight is 383 g/mol. The number of hydrogen-bond acceptors (Lipinski definition) is 5. The highest BCUT2D eigenvalue weighted by Gasteiger charge is 2.20. The second kappa shape index (κ2) is 5.93. The van der Waals surface area contributed by atoms with Crippen molar-refractivity contribution in [3.8, 4) is 11.4 Å². The van der Waals surface area contributed by atoms with Gasteiger partial charge in [-0.1, -0.05) is 18.2 Å². The maximum atomic E-state index is 12.5. The number of nitrogens with one attached hydrogen (secondary N) is 2. The van der Waals surface area contributed by atoms with Crippen molar-refractivity contribution in [2.24, 2.45) is 0 Å². The van der Waals surface area contributed by atoms with Crippen molar-refractivity contribution < 1.29 is 8.42 Å². The molecule has 0 spiro atoms. The van der Waals surface area contributed by atoms with Gasteiger partial charge < -0.3 is 15.7 Å². The minimum absolute atomic E-state index is 0.135. The van der Waals surface area contributed by atoms with E-state index >= 15 is 0 Å². The number of nitrogens with two attached hydrogens (primary N) is 1. The largest absolute Gasteiger partial charge is 0.397 e. The summed E-state index contributed by atoms with van der Waals surface area (Å²) in [6, 6.07) is 11.8. The van der Waals surface area contributed by atoms with Crippen LogP contribution >= 0.6 is 0 Å². The Morgan fingerprint density at radius 3 is 2.52 bits per heavy atom. The molecule has 0 fully saturated rings. The number of fused-ring (bicyclic) bond motifs is 2. The minimum atomic E-state index is -3.58. The molecule has 0 aliphatic rings. The molecule has 27 heavy (non-hydrogen) atoms. The van der Waals surface area contributed by atoms with Gasteiger partial charge in [0.2, 0.25) is 10.0 Å². The van der Waals surface area contributed by atoms with Gasteiger partial charge in [0.15, 0.2) is 0 Å². The highest BCUT2D eigenvalue weighted by atomic mass is 32.2. The number of hydrogen-bond donors (Lipinski definition) is 3. The van der Waals surface area contributed by atoms with Crippen molar-refractivity contribution in [3.63, 3.8) is 0 Å². The predicted molar refractivity (Wildman–Crippen MR) is 105 cm³/mol. The van der Waals surface area contributed by atoms with Crippen LogP contribution in [0.1, 0.15) is 0 Å². The van der Waals surface area contributed by atoms with Gasteiger partial charge in [0.05, 0.1) is 27.1 Å². The fourth-order valence-electron chi connectivity index (χ4n) is 2.98. The predicted octanol–water partition coefficient (Wildman–Crippen LogP) is 1.90. The zero-order chi connectivity index (χ0) is 19.3. The van der Waals surface area contributed by atoms with E-state index in [2.05, 4.69) is 15.0 Å². The number of imidazole rings is 1. The first-order valence-electron chi connectivity index (χ1n) is 8.12. The fraction of sp³-hybridized carbons (Fsp3) is 0.111. The average Bonchev–Trinajstić information content (AvgIpc) is 3.04. The molecule has 9 heteroatoms. The molecule has 0 amide bonds. The van der Waals surface area contributed by atoms with Crippen molar-refractivity contribution in [3.05, 3.63) is 52.8 Å². The number of sulfonamides is 1. The Hall–Kier alpha value is -3.17. The molecule has 4 N–H and O–H groups in total. The summed E-state index contributed by atoms with van der Waals surface area (Å²) in [5, 5.41) is 0.712. The van der Waals surface area contributed by atoms with Gasteiger partial charge in [0.1, 0.15) is 11.4 Å². The lowest BCUT2D eigenvalue weighted by molar-refractivity contribution is 0.521. The molecule has 4 aromatic rings. The highest BCUT2D eigenvalue weighted by molar-refractivity contribution is 7.89. The first kappa shape index (κ1) is 17.3. The monoisotopic (exact) mass is 383 g/mol. The first-order chi connectivity index (χ1) is 12.8. The maximum absolute atomic E-state index is 12.5. The quantitative estimate of drug-likeness (QED) is 0.498. The normalized spacial score (nSPS) is 12.3. The Bertz CT molecular complexity index is 1350. The second-order valence-corrected chi connectivity index (χ2v) is 8.49. The van der Waals surface area contributed by atoms with E-state index in [0.29, 0.717) is 27.6 Å². The number of para-hydroxylation sites is 1. The number of pyridine rings is 1. The molecule has 2 heterocycles. The van der Waals surface area contributed by atoms with Crippen LogP contribution in [-0.4, -0.2) is 41.8 Å². The Kier molecular flexibility index (Phi) is 3.79. The van der Waals surface area contributed by atoms with E-state index in [1.165, 1.54) is 26.2 Å². The van der Waals surface area contributed by atoms with Crippen LogP contribution in [0.4, 0.5) is 5.69 Å². The Morgan fingerprint density at radius 2 is 1.78 bits per heavy atom. The molecular formula is C18H17N5O3S. The number of aromatic amines is 2. The Morgan fingerprint density at radius 1 is 1.04 bits per heavy atom. The van der Waals surface area contributed by atoms with Crippen LogP contribution in [0.3, 0.4) is 0 Å². The number of H-pyrrole nitrogens is 2. The Balaban J connectivity index is 1.94. The molecule has 0 aliphatic heterocycles. The molecule has 0 bridgehead atoms. The van der Waals surface area contributed by atoms with Crippen molar-refractivity contribution in [2.75, 3.05) is 19.8 Å². The molecule has 0 saturated carbocycles. The van der Waals surface area contributed by atoms with Crippen molar-refractivity contribution in [1.29, 1.82) is 0 Å². The van der Waals surface area contributed by atoms with Gasteiger partial charge in [-0.05, 0) is 24.3 Å².